The van der Waals surface area contributed by atoms with E-state index < -0.39 is 0 Å². The smallest absolute Gasteiger partial charge is 0.191 e. The fourth-order valence-electron chi connectivity index (χ4n) is 4.19. The Bertz CT molecular complexity index is 598. The maximum absolute atomic E-state index is 5.00. The number of piperidine rings is 1. The van der Waals surface area contributed by atoms with Gasteiger partial charge in [0.1, 0.15) is 0 Å². The number of rotatable bonds is 7. The molecule has 1 saturated carbocycles. The summed E-state index contributed by atoms with van der Waals surface area (Å²) >= 11 is 0. The molecular weight excluding hydrogens is 320 g/mol. The summed E-state index contributed by atoms with van der Waals surface area (Å²) in [5.74, 6) is 1.00. The van der Waals surface area contributed by atoms with E-state index >= 15 is 0 Å². The topological polar surface area (TPSA) is 39.7 Å². The summed E-state index contributed by atoms with van der Waals surface area (Å²) in [5.41, 5.74) is 3.17. The quantitative estimate of drug-likeness (QED) is 0.581. The van der Waals surface area contributed by atoms with Gasteiger partial charge in [0.15, 0.2) is 5.96 Å². The molecule has 0 aromatic heterocycles. The minimum Gasteiger partial charge on any atom is -0.357 e. The van der Waals surface area contributed by atoms with Gasteiger partial charge in [0.2, 0.25) is 0 Å². The van der Waals surface area contributed by atoms with Gasteiger partial charge in [-0.25, -0.2) is 0 Å². The lowest BCUT2D eigenvalue weighted by Crippen LogP contribution is -2.49. The fraction of sp³-hybridized carbons (Fsp3) is 0.682. The molecule has 3 rings (SSSR count). The first-order valence-corrected chi connectivity index (χ1v) is 10.5. The number of guanidine groups is 1. The molecule has 0 spiro atoms. The zero-order valence-corrected chi connectivity index (χ0v) is 16.9. The van der Waals surface area contributed by atoms with Crippen molar-refractivity contribution in [3.8, 4) is 0 Å². The van der Waals surface area contributed by atoms with E-state index in [9.17, 15) is 0 Å². The number of benzene rings is 1. The van der Waals surface area contributed by atoms with E-state index in [1.165, 1.54) is 62.9 Å². The van der Waals surface area contributed by atoms with Gasteiger partial charge >= 0.3 is 0 Å². The van der Waals surface area contributed by atoms with Crippen LogP contribution >= 0.6 is 0 Å². The molecule has 1 aromatic carbocycles. The molecule has 0 bridgehead atoms. The summed E-state index contributed by atoms with van der Waals surface area (Å²) < 4.78 is 0. The van der Waals surface area contributed by atoms with Gasteiger partial charge < -0.3 is 15.5 Å². The highest BCUT2D eigenvalue weighted by atomic mass is 15.2. The number of hydrogen-bond donors (Lipinski definition) is 2. The van der Waals surface area contributed by atoms with E-state index in [1.54, 1.807) is 0 Å². The zero-order valence-electron chi connectivity index (χ0n) is 16.9. The van der Waals surface area contributed by atoms with Crippen molar-refractivity contribution in [1.82, 2.24) is 15.5 Å². The van der Waals surface area contributed by atoms with Crippen LogP contribution in [0.15, 0.2) is 29.3 Å². The van der Waals surface area contributed by atoms with Crippen molar-refractivity contribution >= 4 is 5.96 Å². The molecule has 26 heavy (non-hydrogen) atoms. The molecule has 2 fully saturated rings. The second-order valence-corrected chi connectivity index (χ2v) is 8.05. The molecule has 0 amide bonds. The lowest BCUT2D eigenvalue weighted by Gasteiger charge is -2.33. The Hall–Kier alpha value is -1.55. The van der Waals surface area contributed by atoms with Gasteiger partial charge in [-0.1, -0.05) is 31.2 Å². The third-order valence-electron chi connectivity index (χ3n) is 5.92. The SMILES string of the molecule is CCCN1CCC(NC(=NCC2(c3ccccc3C)CC2)NCC)CC1. The standard InChI is InChI=1S/C22H36N4/c1-4-14-26-15-10-19(11-16-26)25-21(23-5-2)24-17-22(12-13-22)20-9-7-6-8-18(20)3/h6-9,19H,4-5,10-17H2,1-3H3,(H2,23,24,25). The van der Waals surface area contributed by atoms with E-state index in [4.69, 9.17) is 4.99 Å². The number of hydrogen-bond acceptors (Lipinski definition) is 2. The molecule has 0 unspecified atom stereocenters. The highest BCUT2D eigenvalue weighted by Crippen LogP contribution is 2.49. The van der Waals surface area contributed by atoms with E-state index in [0.29, 0.717) is 6.04 Å². The van der Waals surface area contributed by atoms with Crippen molar-refractivity contribution in [2.75, 3.05) is 32.7 Å². The first-order valence-electron chi connectivity index (χ1n) is 10.5. The molecular formula is C22H36N4. The Morgan fingerprint density at radius 1 is 1.19 bits per heavy atom. The van der Waals surface area contributed by atoms with Gasteiger partial charge in [-0.2, -0.15) is 0 Å². The Morgan fingerprint density at radius 3 is 2.54 bits per heavy atom. The maximum atomic E-state index is 5.00. The van der Waals surface area contributed by atoms with E-state index in [0.717, 1.165) is 19.0 Å². The van der Waals surface area contributed by atoms with E-state index in [1.807, 2.05) is 0 Å². The van der Waals surface area contributed by atoms with Gasteiger partial charge in [0, 0.05) is 31.1 Å². The third kappa shape index (κ3) is 4.79. The highest BCUT2D eigenvalue weighted by molar-refractivity contribution is 5.80. The van der Waals surface area contributed by atoms with Crippen molar-refractivity contribution in [3.05, 3.63) is 35.4 Å². The Balaban J connectivity index is 1.59. The van der Waals surface area contributed by atoms with Crippen LogP contribution in [0.5, 0.6) is 0 Å². The number of aryl methyl sites for hydroxylation is 1. The van der Waals surface area contributed by atoms with Crippen LogP contribution in [0, 0.1) is 6.92 Å². The number of nitrogens with one attached hydrogen (secondary N) is 2. The monoisotopic (exact) mass is 356 g/mol. The molecule has 0 atom stereocenters. The van der Waals surface area contributed by atoms with Crippen LogP contribution in [-0.4, -0.2) is 49.6 Å². The van der Waals surface area contributed by atoms with Crippen molar-refractivity contribution in [3.63, 3.8) is 0 Å². The van der Waals surface area contributed by atoms with Gasteiger partial charge in [0.25, 0.3) is 0 Å². The third-order valence-corrected chi connectivity index (χ3v) is 5.92. The van der Waals surface area contributed by atoms with Gasteiger partial charge in [-0.3, -0.25) is 4.99 Å². The van der Waals surface area contributed by atoms with E-state index in [-0.39, 0.29) is 5.41 Å². The van der Waals surface area contributed by atoms with E-state index in [2.05, 4.69) is 60.6 Å². The molecule has 0 radical (unpaired) electrons. The van der Waals surface area contributed by atoms with Crippen molar-refractivity contribution < 1.29 is 0 Å². The predicted molar refractivity (Wildman–Crippen MR) is 111 cm³/mol. The summed E-state index contributed by atoms with van der Waals surface area (Å²) in [6.45, 7) is 12.1. The van der Waals surface area contributed by atoms with Crippen molar-refractivity contribution in [2.24, 2.45) is 4.99 Å². The number of likely N-dealkylation sites (tertiary alicyclic amines) is 1. The fourth-order valence-corrected chi connectivity index (χ4v) is 4.19. The largest absolute Gasteiger partial charge is 0.357 e. The Kier molecular flexibility index (Phi) is 6.58. The van der Waals surface area contributed by atoms with Crippen LogP contribution in [0.25, 0.3) is 0 Å². The second-order valence-electron chi connectivity index (χ2n) is 8.05. The van der Waals surface area contributed by atoms with Gasteiger partial charge in [-0.15, -0.1) is 0 Å². The van der Waals surface area contributed by atoms with Crippen LogP contribution < -0.4 is 10.6 Å². The Labute approximate surface area is 159 Å². The molecule has 144 valence electrons. The summed E-state index contributed by atoms with van der Waals surface area (Å²) in [6.07, 6.45) is 6.20. The maximum Gasteiger partial charge on any atom is 0.191 e. The molecule has 1 saturated heterocycles. The molecule has 2 aliphatic rings. The predicted octanol–water partition coefficient (Wildman–Crippen LogP) is 3.46. The summed E-state index contributed by atoms with van der Waals surface area (Å²) in [4.78, 5) is 7.58. The van der Waals surface area contributed by atoms with Crippen molar-refractivity contribution in [1.29, 1.82) is 0 Å². The van der Waals surface area contributed by atoms with Crippen LogP contribution in [0.2, 0.25) is 0 Å². The molecule has 1 aromatic rings. The van der Waals surface area contributed by atoms with Crippen molar-refractivity contribution in [2.45, 2.75) is 64.3 Å². The highest BCUT2D eigenvalue weighted by Gasteiger charge is 2.44. The number of nitrogens with zero attached hydrogens (tertiary/aromatic N) is 2. The number of aliphatic imine (C=N–C) groups is 1. The minimum absolute atomic E-state index is 0.276. The minimum atomic E-state index is 0.276. The zero-order chi connectivity index (χ0) is 18.4. The van der Waals surface area contributed by atoms with Gasteiger partial charge in [0.05, 0.1) is 6.54 Å². The van der Waals surface area contributed by atoms with Crippen LogP contribution in [0.1, 0.15) is 57.1 Å². The lowest BCUT2D eigenvalue weighted by molar-refractivity contribution is 0.206. The van der Waals surface area contributed by atoms with Crippen LogP contribution in [-0.2, 0) is 5.41 Å². The summed E-state index contributed by atoms with van der Waals surface area (Å²) in [5, 5.41) is 7.16. The average molecular weight is 357 g/mol. The normalized spacial score (nSPS) is 20.8. The molecule has 1 aliphatic heterocycles. The molecule has 4 heteroatoms. The lowest BCUT2D eigenvalue weighted by atomic mass is 9.92. The van der Waals surface area contributed by atoms with Crippen LogP contribution in [0.4, 0.5) is 0 Å². The molecule has 4 nitrogen and oxygen atoms in total. The molecule has 2 N–H and O–H groups in total. The summed E-state index contributed by atoms with van der Waals surface area (Å²) in [6, 6.07) is 9.37. The van der Waals surface area contributed by atoms with Crippen LogP contribution in [0.3, 0.4) is 0 Å². The molecule has 1 aliphatic carbocycles. The first kappa shape index (κ1) is 19.2. The first-order chi connectivity index (χ1) is 12.7. The molecule has 1 heterocycles. The Morgan fingerprint density at radius 2 is 1.92 bits per heavy atom. The second kappa shape index (κ2) is 8.90. The van der Waals surface area contributed by atoms with Gasteiger partial charge in [-0.05, 0) is 63.6 Å². The summed E-state index contributed by atoms with van der Waals surface area (Å²) in [7, 11) is 0. The average Bonchev–Trinajstić information content (AvgIpc) is 3.43.